The third kappa shape index (κ3) is 10.2. The Kier molecular flexibility index (Phi) is 15.7. The van der Waals surface area contributed by atoms with E-state index in [0.717, 1.165) is 75.8 Å². The SMILES string of the molecule is C#Cc1c(C2CCN(C3CCN(OC[C@@H]4CC[C@]5(CC)CCCN45)CC3)CC2)cccc1N(C)C1CCC(=O)NC1=O.CC.CCNC/N=C(\C)C1=C[CH]1.[HH]. The molecule has 2 N–H and O–H groups in total. The molecule has 5 heterocycles. The molecule has 1 aromatic rings. The molecule has 0 aromatic heterocycles. The summed E-state index contributed by atoms with van der Waals surface area (Å²) >= 11 is 0. The maximum atomic E-state index is 12.5. The Balaban J connectivity index is 0.000000447. The zero-order valence-corrected chi connectivity index (χ0v) is 34.2. The van der Waals surface area contributed by atoms with Crippen LogP contribution in [0.15, 0.2) is 34.8 Å². The van der Waals surface area contributed by atoms with Gasteiger partial charge >= 0.3 is 0 Å². The van der Waals surface area contributed by atoms with E-state index in [-0.39, 0.29) is 19.3 Å². The van der Waals surface area contributed by atoms with Gasteiger partial charge in [0.1, 0.15) is 6.04 Å². The lowest BCUT2D eigenvalue weighted by Gasteiger charge is -2.42. The smallest absolute Gasteiger partial charge is 0.249 e. The van der Waals surface area contributed by atoms with Crippen molar-refractivity contribution in [1.29, 1.82) is 0 Å². The van der Waals surface area contributed by atoms with Gasteiger partial charge in [0.05, 0.1) is 24.5 Å². The Morgan fingerprint density at radius 1 is 1.07 bits per heavy atom. The molecule has 0 spiro atoms. The fraction of sp³-hybridized carbons (Fsp3) is 0.682. The van der Waals surface area contributed by atoms with E-state index in [9.17, 15) is 9.59 Å². The number of nitrogens with zero attached hydrogens (tertiary/aromatic N) is 5. The van der Waals surface area contributed by atoms with Crippen LogP contribution in [0.25, 0.3) is 0 Å². The van der Waals surface area contributed by atoms with Crippen molar-refractivity contribution >= 4 is 23.2 Å². The van der Waals surface area contributed by atoms with E-state index in [1.54, 1.807) is 0 Å². The average molecular weight is 745 g/mol. The van der Waals surface area contributed by atoms with Crippen molar-refractivity contribution < 1.29 is 15.9 Å². The number of nitrogens with one attached hydrogen (secondary N) is 2. The summed E-state index contributed by atoms with van der Waals surface area (Å²) in [6.45, 7) is 18.5. The Bertz CT molecular complexity index is 1510. The number of hydrogen-bond donors (Lipinski definition) is 2. The quantitative estimate of drug-likeness (QED) is 0.111. The monoisotopic (exact) mass is 745 g/mol. The topological polar surface area (TPSA) is 92.8 Å². The molecule has 299 valence electrons. The number of carbonyl (C=O) groups excluding carboxylic acids is 2. The van der Waals surface area contributed by atoms with Gasteiger partial charge < -0.3 is 9.80 Å². The molecule has 3 atom stereocenters. The maximum absolute atomic E-state index is 12.5. The van der Waals surface area contributed by atoms with Crippen LogP contribution in [0, 0.1) is 18.8 Å². The number of fused-ring (bicyclic) bond motifs is 1. The molecule has 1 unspecified atom stereocenters. The molecule has 5 aliphatic heterocycles. The lowest BCUT2D eigenvalue weighted by atomic mass is 9.84. The Hall–Kier alpha value is -3.07. The molecule has 2 amide bonds. The van der Waals surface area contributed by atoms with Crippen LogP contribution in [0.4, 0.5) is 5.69 Å². The number of hydroxylamine groups is 2. The predicted molar refractivity (Wildman–Crippen MR) is 223 cm³/mol. The number of likely N-dealkylation sites (N-methyl/N-ethyl adjacent to an activating group) is 1. The highest BCUT2D eigenvalue weighted by Gasteiger charge is 2.48. The third-order valence-electron chi connectivity index (χ3n) is 12.8. The van der Waals surface area contributed by atoms with Crippen LogP contribution >= 0.6 is 0 Å². The van der Waals surface area contributed by atoms with Gasteiger partial charge in [-0.3, -0.25) is 35.0 Å². The van der Waals surface area contributed by atoms with Gasteiger partial charge in [-0.1, -0.05) is 51.8 Å². The van der Waals surface area contributed by atoms with E-state index in [1.165, 1.54) is 62.6 Å². The van der Waals surface area contributed by atoms with Crippen LogP contribution in [0.5, 0.6) is 0 Å². The highest BCUT2D eigenvalue weighted by Crippen LogP contribution is 2.44. The number of amides is 2. The summed E-state index contributed by atoms with van der Waals surface area (Å²) in [4.78, 5) is 42.3. The number of likely N-dealkylation sites (tertiary alicyclic amines) is 1. The molecule has 0 bridgehead atoms. The number of carbonyl (C=O) groups is 2. The number of imide groups is 1. The first-order valence-electron chi connectivity index (χ1n) is 21.1. The molecule has 5 saturated heterocycles. The molecular weight excluding hydrogens is 675 g/mol. The lowest BCUT2D eigenvalue weighted by molar-refractivity contribution is -0.186. The fourth-order valence-corrected chi connectivity index (χ4v) is 9.45. The maximum Gasteiger partial charge on any atom is 0.249 e. The van der Waals surface area contributed by atoms with Crippen molar-refractivity contribution in [3.8, 4) is 12.3 Å². The summed E-state index contributed by atoms with van der Waals surface area (Å²) in [6, 6.07) is 7.08. The molecule has 1 aliphatic carbocycles. The third-order valence-corrected chi connectivity index (χ3v) is 12.8. The molecule has 6 aliphatic rings. The minimum atomic E-state index is -0.384. The second-order valence-corrected chi connectivity index (χ2v) is 15.6. The van der Waals surface area contributed by atoms with Gasteiger partial charge in [0.2, 0.25) is 11.8 Å². The van der Waals surface area contributed by atoms with Crippen LogP contribution in [-0.2, 0) is 14.4 Å². The number of aliphatic imine (C=N–C) groups is 1. The van der Waals surface area contributed by atoms with Crippen molar-refractivity contribution in [3.63, 3.8) is 0 Å². The Morgan fingerprint density at radius 2 is 1.81 bits per heavy atom. The molecule has 5 fully saturated rings. The van der Waals surface area contributed by atoms with Gasteiger partial charge in [-0.2, -0.15) is 5.06 Å². The van der Waals surface area contributed by atoms with Gasteiger partial charge in [0, 0.05) is 57.7 Å². The predicted octanol–water partition coefficient (Wildman–Crippen LogP) is 6.32. The van der Waals surface area contributed by atoms with Crippen LogP contribution in [0.2, 0.25) is 0 Å². The molecule has 10 heteroatoms. The van der Waals surface area contributed by atoms with Crippen molar-refractivity contribution in [1.82, 2.24) is 25.5 Å². The average Bonchev–Trinajstić information content (AvgIpc) is 3.89. The number of rotatable bonds is 12. The number of hydrogen-bond acceptors (Lipinski definition) is 9. The van der Waals surface area contributed by atoms with E-state index >= 15 is 0 Å². The van der Waals surface area contributed by atoms with Gasteiger partial charge in [-0.15, -0.1) is 6.42 Å². The van der Waals surface area contributed by atoms with E-state index in [0.29, 0.717) is 36.4 Å². The molecule has 10 nitrogen and oxygen atoms in total. The molecule has 54 heavy (non-hydrogen) atoms. The lowest BCUT2D eigenvalue weighted by Crippen LogP contribution is -2.51. The van der Waals surface area contributed by atoms with Crippen LogP contribution < -0.4 is 15.5 Å². The van der Waals surface area contributed by atoms with E-state index in [1.807, 2.05) is 38.8 Å². The van der Waals surface area contributed by atoms with Gasteiger partial charge in [0.25, 0.3) is 0 Å². The molecular formula is C44H70N7O3. The molecule has 7 rings (SSSR count). The van der Waals surface area contributed by atoms with E-state index < -0.39 is 0 Å². The Labute approximate surface area is 327 Å². The number of allylic oxidation sites excluding steroid dienone is 2. The minimum absolute atomic E-state index is 0. The zero-order chi connectivity index (χ0) is 38.7. The number of anilines is 1. The standard InChI is InChI=1S/C34H49N5O3.C8H13N2.C2H6.H2/c1-4-28-29(8-6-9-30(28)36(3)31-10-11-32(40)35-33(31)41)25-13-20-37(21-14-25)26-15-22-38(23-16-26)42-24-27-12-18-34(5-2)17-7-19-39(27)34;1-3-9-6-10-7(2)8-4-5-8;1-2;/h1,6,8-9,25-27,31H,5,7,10-24H2,2-3H3,(H,35,40,41);4-5,9H,3,6H2,1-2H3;1-2H3;1H/b;10-7+;;/t27-,31?,34-;;;/m0.../s1. The summed E-state index contributed by atoms with van der Waals surface area (Å²) in [7, 11) is 1.91. The van der Waals surface area contributed by atoms with Crippen molar-refractivity contribution in [2.45, 2.75) is 135 Å². The van der Waals surface area contributed by atoms with Crippen LogP contribution in [-0.4, -0.2) is 116 Å². The zero-order valence-electron chi connectivity index (χ0n) is 34.2. The first kappa shape index (κ1) is 42.1. The van der Waals surface area contributed by atoms with Crippen LogP contribution in [0.3, 0.4) is 0 Å². The normalized spacial score (nSPS) is 26.8. The highest BCUT2D eigenvalue weighted by molar-refractivity contribution is 6.05. The minimum Gasteiger partial charge on any atom is -0.362 e. The van der Waals surface area contributed by atoms with Gasteiger partial charge in [0.15, 0.2) is 0 Å². The highest BCUT2D eigenvalue weighted by atomic mass is 16.7. The van der Waals surface area contributed by atoms with Crippen molar-refractivity contribution in [3.05, 3.63) is 47.4 Å². The largest absolute Gasteiger partial charge is 0.362 e. The van der Waals surface area contributed by atoms with Gasteiger partial charge in [-0.05, 0) is 120 Å². The first-order chi connectivity index (χ1) is 26.3. The summed E-state index contributed by atoms with van der Waals surface area (Å²) in [6.07, 6.45) is 22.2. The summed E-state index contributed by atoms with van der Waals surface area (Å²) in [5.41, 5.74) is 5.91. The van der Waals surface area contributed by atoms with Crippen molar-refractivity contribution in [2.75, 3.05) is 64.5 Å². The van der Waals surface area contributed by atoms with E-state index in [2.05, 4.69) is 74.9 Å². The first-order valence-corrected chi connectivity index (χ1v) is 21.1. The summed E-state index contributed by atoms with van der Waals surface area (Å²) < 4.78 is 0. The summed E-state index contributed by atoms with van der Waals surface area (Å²) in [5, 5.41) is 7.85. The second-order valence-electron chi connectivity index (χ2n) is 15.6. The van der Waals surface area contributed by atoms with Gasteiger partial charge in [-0.25, -0.2) is 0 Å². The molecule has 1 radical (unpaired) electrons. The molecule has 1 aromatic carbocycles. The number of terminal acetylenes is 1. The second kappa shape index (κ2) is 20.2. The summed E-state index contributed by atoms with van der Waals surface area (Å²) in [5.74, 6) is 2.93. The van der Waals surface area contributed by atoms with Crippen LogP contribution in [0.1, 0.15) is 124 Å². The number of benzene rings is 1. The Morgan fingerprint density at radius 3 is 2.46 bits per heavy atom. The fourth-order valence-electron chi connectivity index (χ4n) is 9.45. The number of piperidine rings is 3. The van der Waals surface area contributed by atoms with Crippen molar-refractivity contribution in [2.24, 2.45) is 4.99 Å². The molecule has 0 saturated carbocycles. The van der Waals surface area contributed by atoms with E-state index in [4.69, 9.17) is 11.3 Å².